The molecule has 0 N–H and O–H groups in total. The Balaban J connectivity index is 2.57. The lowest BCUT2D eigenvalue weighted by molar-refractivity contribution is -0.140. The fourth-order valence-corrected chi connectivity index (χ4v) is 1.15. The van der Waals surface area contributed by atoms with Crippen molar-refractivity contribution in [3.05, 3.63) is 54.5 Å². The van der Waals surface area contributed by atoms with Gasteiger partial charge in [-0.1, -0.05) is 30.8 Å². The maximum absolute atomic E-state index is 11.1. The van der Waals surface area contributed by atoms with Gasteiger partial charge in [0.1, 0.15) is 6.61 Å². The highest BCUT2D eigenvalue weighted by Gasteiger charge is 2.03. The first-order valence-corrected chi connectivity index (χ1v) is 4.83. The summed E-state index contributed by atoms with van der Waals surface area (Å²) in [6, 6.07) is 7.84. The van der Waals surface area contributed by atoms with Crippen LogP contribution in [0.4, 0.5) is 0 Å². The second kappa shape index (κ2) is 5.35. The van der Waals surface area contributed by atoms with Crippen LogP contribution in [0.1, 0.15) is 18.1 Å². The standard InChI is InChI=1S/C13H15O2/c1-4-11-6-5-7-12(8-11)9-15-13(14)10(2)3/h5-8H,1-2,4,9H2,3H3. The van der Waals surface area contributed by atoms with E-state index in [1.54, 1.807) is 6.92 Å². The van der Waals surface area contributed by atoms with E-state index in [1.165, 1.54) is 0 Å². The molecule has 0 unspecified atom stereocenters. The summed E-state index contributed by atoms with van der Waals surface area (Å²) in [5.41, 5.74) is 2.54. The van der Waals surface area contributed by atoms with Gasteiger partial charge in [-0.25, -0.2) is 4.79 Å². The molecule has 0 aliphatic heterocycles. The van der Waals surface area contributed by atoms with Crippen molar-refractivity contribution in [1.29, 1.82) is 0 Å². The van der Waals surface area contributed by atoms with Crippen LogP contribution in [-0.4, -0.2) is 5.97 Å². The molecule has 0 spiro atoms. The highest BCUT2D eigenvalue weighted by Crippen LogP contribution is 2.08. The number of carbonyl (C=O) groups excluding carboxylic acids is 1. The van der Waals surface area contributed by atoms with Gasteiger partial charge in [0.25, 0.3) is 0 Å². The van der Waals surface area contributed by atoms with Crippen LogP contribution in [0.25, 0.3) is 0 Å². The highest BCUT2D eigenvalue weighted by atomic mass is 16.5. The van der Waals surface area contributed by atoms with Crippen molar-refractivity contribution in [3.63, 3.8) is 0 Å². The van der Waals surface area contributed by atoms with Crippen molar-refractivity contribution >= 4 is 5.97 Å². The summed E-state index contributed by atoms with van der Waals surface area (Å²) in [6.07, 6.45) is 0.738. The van der Waals surface area contributed by atoms with Crippen molar-refractivity contribution in [1.82, 2.24) is 0 Å². The van der Waals surface area contributed by atoms with Crippen LogP contribution < -0.4 is 0 Å². The maximum atomic E-state index is 11.1. The zero-order valence-corrected chi connectivity index (χ0v) is 8.95. The molecule has 2 nitrogen and oxygen atoms in total. The van der Waals surface area contributed by atoms with E-state index in [0.717, 1.165) is 17.5 Å². The van der Waals surface area contributed by atoms with Gasteiger partial charge >= 0.3 is 5.97 Å². The second-order valence-electron chi connectivity index (χ2n) is 3.43. The summed E-state index contributed by atoms with van der Waals surface area (Å²) >= 11 is 0. The third-order valence-corrected chi connectivity index (χ3v) is 2.00. The number of benzene rings is 1. The fraction of sp³-hybridized carbons (Fsp3) is 0.231. The molecule has 2 heteroatoms. The minimum absolute atomic E-state index is 0.291. The van der Waals surface area contributed by atoms with Crippen LogP contribution in [0.5, 0.6) is 0 Å². The van der Waals surface area contributed by atoms with E-state index in [2.05, 4.69) is 13.5 Å². The Labute approximate surface area is 90.6 Å². The zero-order chi connectivity index (χ0) is 11.3. The highest BCUT2D eigenvalue weighted by molar-refractivity contribution is 5.86. The molecule has 0 aromatic heterocycles. The van der Waals surface area contributed by atoms with Gasteiger partial charge in [0, 0.05) is 5.57 Å². The van der Waals surface area contributed by atoms with Crippen molar-refractivity contribution in [2.75, 3.05) is 0 Å². The smallest absolute Gasteiger partial charge is 0.333 e. The quantitative estimate of drug-likeness (QED) is 0.555. The Morgan fingerprint density at radius 1 is 1.40 bits per heavy atom. The molecule has 0 heterocycles. The van der Waals surface area contributed by atoms with E-state index in [9.17, 15) is 4.79 Å². The summed E-state index contributed by atoms with van der Waals surface area (Å²) in [5, 5.41) is 0. The lowest BCUT2D eigenvalue weighted by atomic mass is 10.1. The molecule has 0 aliphatic rings. The van der Waals surface area contributed by atoms with E-state index in [0.29, 0.717) is 12.2 Å². The average molecular weight is 203 g/mol. The predicted octanol–water partition coefficient (Wildman–Crippen LogP) is 2.68. The van der Waals surface area contributed by atoms with Crippen LogP contribution in [0.2, 0.25) is 0 Å². The molecule has 0 aliphatic carbocycles. The van der Waals surface area contributed by atoms with E-state index in [1.807, 2.05) is 24.3 Å². The minimum Gasteiger partial charge on any atom is -0.457 e. The molecular weight excluding hydrogens is 188 g/mol. The summed E-state index contributed by atoms with van der Waals surface area (Å²) in [7, 11) is 0. The first kappa shape index (κ1) is 11.5. The number of hydrogen-bond donors (Lipinski definition) is 0. The van der Waals surface area contributed by atoms with Crippen LogP contribution in [0.3, 0.4) is 0 Å². The Morgan fingerprint density at radius 3 is 2.67 bits per heavy atom. The lowest BCUT2D eigenvalue weighted by Gasteiger charge is -2.05. The number of rotatable bonds is 4. The van der Waals surface area contributed by atoms with Gasteiger partial charge in [0.2, 0.25) is 0 Å². The molecule has 0 saturated carbocycles. The van der Waals surface area contributed by atoms with E-state index in [-0.39, 0.29) is 5.97 Å². The predicted molar refractivity (Wildman–Crippen MR) is 60.1 cm³/mol. The van der Waals surface area contributed by atoms with Crippen LogP contribution in [-0.2, 0) is 22.6 Å². The van der Waals surface area contributed by atoms with Gasteiger partial charge in [0.15, 0.2) is 0 Å². The van der Waals surface area contributed by atoms with Crippen molar-refractivity contribution in [2.24, 2.45) is 0 Å². The van der Waals surface area contributed by atoms with Gasteiger partial charge in [-0.2, -0.15) is 0 Å². The molecule has 1 rings (SSSR count). The first-order valence-electron chi connectivity index (χ1n) is 4.83. The number of hydrogen-bond acceptors (Lipinski definition) is 2. The lowest BCUT2D eigenvalue weighted by Crippen LogP contribution is -2.04. The molecule has 1 radical (unpaired) electrons. The van der Waals surface area contributed by atoms with Gasteiger partial charge in [0.05, 0.1) is 0 Å². The summed E-state index contributed by atoms with van der Waals surface area (Å²) in [6.45, 7) is 9.24. The minimum atomic E-state index is -0.352. The molecule has 0 atom stereocenters. The summed E-state index contributed by atoms with van der Waals surface area (Å²) < 4.78 is 5.03. The Kier molecular flexibility index (Phi) is 4.10. The molecule has 1 aromatic rings. The van der Waals surface area contributed by atoms with Gasteiger partial charge in [-0.15, -0.1) is 0 Å². The van der Waals surface area contributed by atoms with Crippen LogP contribution in [0.15, 0.2) is 36.4 Å². The molecule has 0 fully saturated rings. The van der Waals surface area contributed by atoms with Crippen molar-refractivity contribution < 1.29 is 9.53 Å². The number of esters is 1. The maximum Gasteiger partial charge on any atom is 0.333 e. The molecule has 0 saturated heterocycles. The van der Waals surface area contributed by atoms with E-state index in [4.69, 9.17) is 4.74 Å². The molecular formula is C13H15O2. The Morgan fingerprint density at radius 2 is 2.07 bits per heavy atom. The molecule has 0 bridgehead atoms. The Hall–Kier alpha value is -1.57. The molecule has 0 amide bonds. The van der Waals surface area contributed by atoms with E-state index < -0.39 is 0 Å². The van der Waals surface area contributed by atoms with Crippen LogP contribution >= 0.6 is 0 Å². The zero-order valence-electron chi connectivity index (χ0n) is 8.95. The number of carbonyl (C=O) groups is 1. The monoisotopic (exact) mass is 203 g/mol. The normalized spacial score (nSPS) is 9.73. The summed E-state index contributed by atoms with van der Waals surface area (Å²) in [4.78, 5) is 11.1. The third-order valence-electron chi connectivity index (χ3n) is 2.00. The Bertz CT molecular complexity index is 367. The largest absolute Gasteiger partial charge is 0.457 e. The van der Waals surface area contributed by atoms with Gasteiger partial charge in [-0.3, -0.25) is 0 Å². The first-order chi connectivity index (χ1) is 7.13. The summed E-state index contributed by atoms with van der Waals surface area (Å²) in [5.74, 6) is -0.352. The average Bonchev–Trinajstić information content (AvgIpc) is 2.26. The SMILES string of the molecule is [CH2]Cc1cccc(COC(=O)C(=C)C)c1. The van der Waals surface area contributed by atoms with Gasteiger partial charge in [-0.05, 0) is 31.4 Å². The second-order valence-corrected chi connectivity index (χ2v) is 3.43. The fourth-order valence-electron chi connectivity index (χ4n) is 1.15. The third kappa shape index (κ3) is 3.58. The van der Waals surface area contributed by atoms with Gasteiger partial charge < -0.3 is 4.74 Å². The number of ether oxygens (including phenoxy) is 1. The van der Waals surface area contributed by atoms with Crippen molar-refractivity contribution in [3.8, 4) is 0 Å². The van der Waals surface area contributed by atoms with Crippen LogP contribution in [0, 0.1) is 6.92 Å². The molecule has 79 valence electrons. The topological polar surface area (TPSA) is 26.3 Å². The molecule has 15 heavy (non-hydrogen) atoms. The molecule has 1 aromatic carbocycles. The van der Waals surface area contributed by atoms with Crippen molar-refractivity contribution in [2.45, 2.75) is 20.0 Å². The van der Waals surface area contributed by atoms with E-state index >= 15 is 0 Å².